The second-order valence-electron chi connectivity index (χ2n) is 3.11. The molecule has 1 aliphatic rings. The molecule has 1 saturated heterocycles. The van der Waals surface area contributed by atoms with Crippen molar-refractivity contribution in [3.05, 3.63) is 0 Å². The van der Waals surface area contributed by atoms with E-state index in [1.165, 1.54) is 0 Å². The van der Waals surface area contributed by atoms with E-state index in [2.05, 4.69) is 31.3 Å². The van der Waals surface area contributed by atoms with Crippen LogP contribution in [-0.4, -0.2) is 28.2 Å². The number of carbonyl (C=O) groups excluding carboxylic acids is 1. The highest BCUT2D eigenvalue weighted by molar-refractivity contribution is 14.1. The van der Waals surface area contributed by atoms with Gasteiger partial charge in [-0.25, -0.2) is 3.11 Å². The molecule has 1 N–H and O–H groups in total. The van der Waals surface area contributed by atoms with Gasteiger partial charge < -0.3 is 5.32 Å². The van der Waals surface area contributed by atoms with E-state index in [0.29, 0.717) is 12.5 Å². The lowest BCUT2D eigenvalue weighted by Gasteiger charge is -2.27. The Labute approximate surface area is 87.4 Å². The Hall–Kier alpha value is 0.160. The summed E-state index contributed by atoms with van der Waals surface area (Å²) in [5.41, 5.74) is 0. The minimum Gasteiger partial charge on any atom is -0.353 e. The zero-order chi connectivity index (χ0) is 8.97. The lowest BCUT2D eigenvalue weighted by molar-refractivity contribution is -0.121. The topological polar surface area (TPSA) is 32.3 Å². The molecule has 1 rings (SSSR count). The second kappa shape index (κ2) is 5.01. The summed E-state index contributed by atoms with van der Waals surface area (Å²) in [5.74, 6) is 0.182. The number of nitrogens with one attached hydrogen (secondary N) is 1. The third-order valence-electron chi connectivity index (χ3n) is 2.13. The lowest BCUT2D eigenvalue weighted by atomic mass is 10.1. The first-order chi connectivity index (χ1) is 5.72. The quantitative estimate of drug-likeness (QED) is 0.612. The highest BCUT2D eigenvalue weighted by Gasteiger charge is 2.18. The van der Waals surface area contributed by atoms with Crippen molar-refractivity contribution in [1.29, 1.82) is 0 Å². The van der Waals surface area contributed by atoms with Gasteiger partial charge in [-0.05, 0) is 12.8 Å². The largest absolute Gasteiger partial charge is 0.353 e. The molecule has 0 saturated carbocycles. The predicted molar refractivity (Wildman–Crippen MR) is 57.0 cm³/mol. The van der Waals surface area contributed by atoms with Crippen molar-refractivity contribution in [2.75, 3.05) is 13.1 Å². The van der Waals surface area contributed by atoms with Gasteiger partial charge in [-0.15, -0.1) is 0 Å². The summed E-state index contributed by atoms with van der Waals surface area (Å²) >= 11 is 2.33. The molecule has 1 fully saturated rings. The van der Waals surface area contributed by atoms with E-state index < -0.39 is 0 Å². The average Bonchev–Trinajstić information content (AvgIpc) is 2.09. The molecule has 0 unspecified atom stereocenters. The number of rotatable bonds is 2. The molecule has 0 bridgehead atoms. The van der Waals surface area contributed by atoms with Gasteiger partial charge in [-0.2, -0.15) is 0 Å². The molecular formula is C8H15IN2O. The van der Waals surface area contributed by atoms with Crippen molar-refractivity contribution in [3.63, 3.8) is 0 Å². The van der Waals surface area contributed by atoms with E-state index in [-0.39, 0.29) is 5.91 Å². The van der Waals surface area contributed by atoms with Gasteiger partial charge in [0.15, 0.2) is 0 Å². The Balaban J connectivity index is 2.21. The first kappa shape index (κ1) is 10.2. The zero-order valence-corrected chi connectivity index (χ0v) is 9.50. The molecule has 0 spiro atoms. The molecule has 4 heteroatoms. The van der Waals surface area contributed by atoms with Crippen molar-refractivity contribution in [3.8, 4) is 0 Å². The zero-order valence-electron chi connectivity index (χ0n) is 7.35. The maximum atomic E-state index is 11.0. The Morgan fingerprint density at radius 3 is 2.67 bits per heavy atom. The first-order valence-corrected chi connectivity index (χ1v) is 5.39. The minimum atomic E-state index is 0.182. The van der Waals surface area contributed by atoms with Gasteiger partial charge in [0, 0.05) is 48.4 Å². The number of halogens is 1. The minimum absolute atomic E-state index is 0.182. The van der Waals surface area contributed by atoms with Crippen LogP contribution in [0.4, 0.5) is 0 Å². The van der Waals surface area contributed by atoms with Crippen molar-refractivity contribution in [2.45, 2.75) is 32.2 Å². The summed E-state index contributed by atoms with van der Waals surface area (Å²) in [6.07, 6.45) is 2.79. The molecule has 12 heavy (non-hydrogen) atoms. The van der Waals surface area contributed by atoms with Gasteiger partial charge in [-0.3, -0.25) is 4.79 Å². The second-order valence-corrected chi connectivity index (χ2v) is 4.47. The van der Waals surface area contributed by atoms with E-state index in [4.69, 9.17) is 0 Å². The normalized spacial score (nSPS) is 20.8. The van der Waals surface area contributed by atoms with E-state index in [9.17, 15) is 4.79 Å². The van der Waals surface area contributed by atoms with Crippen LogP contribution in [0.25, 0.3) is 0 Å². The highest BCUT2D eigenvalue weighted by Crippen LogP contribution is 2.13. The standard InChI is InChI=1S/C8H15IN2O/c1-2-8(12)10-7-3-5-11(9)6-4-7/h7H,2-6H2,1H3,(H,10,12). The monoisotopic (exact) mass is 282 g/mol. The fourth-order valence-corrected chi connectivity index (χ4v) is 1.88. The van der Waals surface area contributed by atoms with Crippen molar-refractivity contribution in [2.24, 2.45) is 0 Å². The van der Waals surface area contributed by atoms with Crippen LogP contribution in [0, 0.1) is 0 Å². The van der Waals surface area contributed by atoms with Crippen LogP contribution in [-0.2, 0) is 4.79 Å². The molecule has 0 aromatic heterocycles. The van der Waals surface area contributed by atoms with Gasteiger partial charge in [0.05, 0.1) is 0 Å². The van der Waals surface area contributed by atoms with Gasteiger partial charge in [0.25, 0.3) is 0 Å². The fraction of sp³-hybridized carbons (Fsp3) is 0.875. The van der Waals surface area contributed by atoms with Crippen molar-refractivity contribution < 1.29 is 4.79 Å². The van der Waals surface area contributed by atoms with Crippen LogP contribution in [0.15, 0.2) is 0 Å². The molecule has 1 aliphatic heterocycles. The summed E-state index contributed by atoms with van der Waals surface area (Å²) < 4.78 is 2.27. The molecule has 0 aromatic rings. The number of hydrogen-bond acceptors (Lipinski definition) is 2. The summed E-state index contributed by atoms with van der Waals surface area (Å²) in [6, 6.07) is 0.420. The molecule has 1 heterocycles. The van der Waals surface area contributed by atoms with E-state index >= 15 is 0 Å². The molecule has 0 atom stereocenters. The molecule has 0 radical (unpaired) electrons. The Morgan fingerprint density at radius 2 is 2.17 bits per heavy atom. The van der Waals surface area contributed by atoms with E-state index in [0.717, 1.165) is 25.9 Å². The van der Waals surface area contributed by atoms with Crippen LogP contribution < -0.4 is 5.32 Å². The number of piperidine rings is 1. The van der Waals surface area contributed by atoms with Gasteiger partial charge in [0.2, 0.25) is 5.91 Å². The van der Waals surface area contributed by atoms with Gasteiger partial charge in [-0.1, -0.05) is 6.92 Å². The van der Waals surface area contributed by atoms with Crippen LogP contribution in [0.1, 0.15) is 26.2 Å². The maximum Gasteiger partial charge on any atom is 0.219 e. The van der Waals surface area contributed by atoms with E-state index in [1.54, 1.807) is 0 Å². The third-order valence-corrected chi connectivity index (χ3v) is 3.09. The predicted octanol–water partition coefficient (Wildman–Crippen LogP) is 1.33. The van der Waals surface area contributed by atoms with E-state index in [1.807, 2.05) is 6.92 Å². The first-order valence-electron chi connectivity index (χ1n) is 4.42. The Kier molecular flexibility index (Phi) is 4.28. The van der Waals surface area contributed by atoms with Gasteiger partial charge in [0.1, 0.15) is 0 Å². The number of hydrogen-bond donors (Lipinski definition) is 1. The molecule has 0 aromatic carbocycles. The molecule has 0 aliphatic carbocycles. The molecule has 70 valence electrons. The van der Waals surface area contributed by atoms with Crippen LogP contribution in [0.2, 0.25) is 0 Å². The number of nitrogens with zero attached hydrogens (tertiary/aromatic N) is 1. The number of carbonyl (C=O) groups is 1. The van der Waals surface area contributed by atoms with Crippen molar-refractivity contribution in [1.82, 2.24) is 8.43 Å². The SMILES string of the molecule is CCC(=O)NC1CCN(I)CC1. The van der Waals surface area contributed by atoms with Crippen LogP contribution >= 0.6 is 22.9 Å². The Bertz CT molecular complexity index is 155. The summed E-state index contributed by atoms with van der Waals surface area (Å²) in [7, 11) is 0. The molecule has 1 amide bonds. The number of amides is 1. The fourth-order valence-electron chi connectivity index (χ4n) is 1.32. The lowest BCUT2D eigenvalue weighted by Crippen LogP contribution is -2.41. The van der Waals surface area contributed by atoms with Gasteiger partial charge >= 0.3 is 0 Å². The summed E-state index contributed by atoms with van der Waals surface area (Å²) in [4.78, 5) is 11.0. The van der Waals surface area contributed by atoms with Crippen LogP contribution in [0.3, 0.4) is 0 Å². The van der Waals surface area contributed by atoms with Crippen molar-refractivity contribution >= 4 is 28.8 Å². The molecule has 3 nitrogen and oxygen atoms in total. The Morgan fingerprint density at radius 1 is 1.58 bits per heavy atom. The summed E-state index contributed by atoms with van der Waals surface area (Å²) in [6.45, 7) is 4.08. The molecular weight excluding hydrogens is 267 g/mol. The third kappa shape index (κ3) is 3.26. The van der Waals surface area contributed by atoms with Crippen LogP contribution in [0.5, 0.6) is 0 Å². The average molecular weight is 282 g/mol. The maximum absolute atomic E-state index is 11.0. The smallest absolute Gasteiger partial charge is 0.219 e. The summed E-state index contributed by atoms with van der Waals surface area (Å²) in [5, 5.41) is 3.02. The highest BCUT2D eigenvalue weighted by atomic mass is 127.